The molecule has 1 saturated carbocycles. The van der Waals surface area contributed by atoms with Crippen LogP contribution < -0.4 is 0 Å². The van der Waals surface area contributed by atoms with Gasteiger partial charge in [-0.25, -0.2) is 0 Å². The van der Waals surface area contributed by atoms with Gasteiger partial charge in [0.15, 0.2) is 0 Å². The van der Waals surface area contributed by atoms with Crippen molar-refractivity contribution in [3.05, 3.63) is 0 Å². The Morgan fingerprint density at radius 1 is 1.05 bits per heavy atom. The van der Waals surface area contributed by atoms with Crippen molar-refractivity contribution in [3.8, 4) is 0 Å². The van der Waals surface area contributed by atoms with Crippen LogP contribution in [0.5, 0.6) is 0 Å². The Morgan fingerprint density at radius 3 is 2.00 bits per heavy atom. The summed E-state index contributed by atoms with van der Waals surface area (Å²) in [5, 5.41) is 9.36. The minimum atomic E-state index is -0.843. The lowest BCUT2D eigenvalue weighted by Crippen LogP contribution is -2.59. The summed E-state index contributed by atoms with van der Waals surface area (Å²) >= 11 is 0. The molecule has 1 N–H and O–H groups in total. The molecule has 5 nitrogen and oxygen atoms in total. The Morgan fingerprint density at radius 2 is 1.52 bits per heavy atom. The van der Waals surface area contributed by atoms with Crippen molar-refractivity contribution in [2.75, 3.05) is 13.1 Å². The van der Waals surface area contributed by atoms with Gasteiger partial charge in [0.1, 0.15) is 0 Å². The van der Waals surface area contributed by atoms with Crippen LogP contribution >= 0.6 is 0 Å². The van der Waals surface area contributed by atoms with Gasteiger partial charge in [0.05, 0.1) is 23.0 Å². The number of ether oxygens (including phenoxy) is 1. The first-order valence-electron chi connectivity index (χ1n) is 7.72. The molecule has 3 atom stereocenters. The second-order valence-electron chi connectivity index (χ2n) is 7.94. The highest BCUT2D eigenvalue weighted by Crippen LogP contribution is 2.39. The standard InChI is InChI=1S/C16H27NO4/c1-10-6-11(12(7-10)14(19)20)13(18)17-8-15(2,3)21-16(4,5)9-17/h10-12H,6-9H2,1-5H3,(H,19,20)/t10?,11-,12+/m0/s1. The molecule has 21 heavy (non-hydrogen) atoms. The first-order valence-corrected chi connectivity index (χ1v) is 7.72. The van der Waals surface area contributed by atoms with E-state index in [4.69, 9.17) is 4.74 Å². The zero-order valence-electron chi connectivity index (χ0n) is 13.7. The van der Waals surface area contributed by atoms with E-state index in [1.807, 2.05) is 39.5 Å². The lowest BCUT2D eigenvalue weighted by atomic mass is 9.92. The van der Waals surface area contributed by atoms with E-state index in [1.165, 1.54) is 0 Å². The molecular formula is C16H27NO4. The number of amides is 1. The first-order chi connectivity index (χ1) is 9.51. The molecule has 5 heteroatoms. The van der Waals surface area contributed by atoms with E-state index in [2.05, 4.69) is 0 Å². The molecule has 0 radical (unpaired) electrons. The summed E-state index contributed by atoms with van der Waals surface area (Å²) in [5.41, 5.74) is -0.805. The van der Waals surface area contributed by atoms with Gasteiger partial charge in [-0.15, -0.1) is 0 Å². The van der Waals surface area contributed by atoms with E-state index in [-0.39, 0.29) is 11.8 Å². The quantitative estimate of drug-likeness (QED) is 0.848. The van der Waals surface area contributed by atoms with Crippen molar-refractivity contribution in [2.24, 2.45) is 17.8 Å². The van der Waals surface area contributed by atoms with Crippen LogP contribution in [0.1, 0.15) is 47.5 Å². The Hall–Kier alpha value is -1.10. The van der Waals surface area contributed by atoms with Gasteiger partial charge in [-0.05, 0) is 46.5 Å². The number of hydrogen-bond donors (Lipinski definition) is 1. The largest absolute Gasteiger partial charge is 0.481 e. The van der Waals surface area contributed by atoms with Crippen LogP contribution in [0.4, 0.5) is 0 Å². The molecule has 0 spiro atoms. The summed E-state index contributed by atoms with van der Waals surface area (Å²) in [6.45, 7) is 11.0. The topological polar surface area (TPSA) is 66.8 Å². The number of rotatable bonds is 2. The Kier molecular flexibility index (Phi) is 4.08. The van der Waals surface area contributed by atoms with Crippen molar-refractivity contribution in [3.63, 3.8) is 0 Å². The molecule has 1 aliphatic carbocycles. The van der Waals surface area contributed by atoms with E-state index in [9.17, 15) is 14.7 Å². The third kappa shape index (κ3) is 3.57. The van der Waals surface area contributed by atoms with E-state index >= 15 is 0 Å². The maximum Gasteiger partial charge on any atom is 0.307 e. The molecule has 1 aliphatic heterocycles. The molecule has 0 aromatic rings. The molecule has 0 aromatic heterocycles. The Labute approximate surface area is 126 Å². The lowest BCUT2D eigenvalue weighted by molar-refractivity contribution is -0.191. The molecule has 2 fully saturated rings. The smallest absolute Gasteiger partial charge is 0.307 e. The fraction of sp³-hybridized carbons (Fsp3) is 0.875. The number of aliphatic carboxylic acids is 1. The van der Waals surface area contributed by atoms with E-state index in [0.717, 1.165) is 0 Å². The Balaban J connectivity index is 2.17. The zero-order chi connectivity index (χ0) is 16.0. The second kappa shape index (κ2) is 5.27. The van der Waals surface area contributed by atoms with Gasteiger partial charge >= 0.3 is 5.97 Å². The fourth-order valence-corrected chi connectivity index (χ4v) is 4.02. The van der Waals surface area contributed by atoms with Gasteiger partial charge < -0.3 is 14.7 Å². The van der Waals surface area contributed by atoms with E-state index in [0.29, 0.717) is 31.8 Å². The second-order valence-corrected chi connectivity index (χ2v) is 7.94. The van der Waals surface area contributed by atoms with Crippen LogP contribution in [0.2, 0.25) is 0 Å². The van der Waals surface area contributed by atoms with Crippen LogP contribution in [-0.2, 0) is 14.3 Å². The maximum absolute atomic E-state index is 12.8. The number of carboxylic acid groups (broad SMARTS) is 1. The number of nitrogens with zero attached hydrogens (tertiary/aromatic N) is 1. The number of hydrogen-bond acceptors (Lipinski definition) is 3. The molecule has 1 unspecified atom stereocenters. The molecule has 1 saturated heterocycles. The van der Waals surface area contributed by atoms with Crippen molar-refractivity contribution >= 4 is 11.9 Å². The van der Waals surface area contributed by atoms with Crippen molar-refractivity contribution in [1.29, 1.82) is 0 Å². The summed E-state index contributed by atoms with van der Waals surface area (Å²) in [5.74, 6) is -1.49. The van der Waals surface area contributed by atoms with Crippen LogP contribution in [-0.4, -0.2) is 46.2 Å². The van der Waals surface area contributed by atoms with E-state index < -0.39 is 23.1 Å². The molecule has 0 bridgehead atoms. The normalized spacial score (nSPS) is 34.7. The summed E-state index contributed by atoms with van der Waals surface area (Å²) in [6.07, 6.45) is 1.27. The number of carbonyl (C=O) groups is 2. The van der Waals surface area contributed by atoms with Crippen molar-refractivity contribution in [2.45, 2.75) is 58.7 Å². The molecule has 1 heterocycles. The highest BCUT2D eigenvalue weighted by Gasteiger charge is 2.46. The van der Waals surface area contributed by atoms with Crippen molar-refractivity contribution < 1.29 is 19.4 Å². The minimum absolute atomic E-state index is 0.0174. The third-order valence-corrected chi connectivity index (χ3v) is 4.44. The van der Waals surface area contributed by atoms with Gasteiger partial charge in [0.2, 0.25) is 5.91 Å². The van der Waals surface area contributed by atoms with E-state index in [1.54, 1.807) is 0 Å². The molecule has 1 amide bonds. The molecule has 120 valence electrons. The number of carbonyl (C=O) groups excluding carboxylic acids is 1. The summed E-state index contributed by atoms with van der Waals surface area (Å²) in [7, 11) is 0. The average Bonchev–Trinajstić information content (AvgIpc) is 2.66. The highest BCUT2D eigenvalue weighted by molar-refractivity contribution is 5.85. The van der Waals surface area contributed by atoms with Gasteiger partial charge in [-0.3, -0.25) is 9.59 Å². The highest BCUT2D eigenvalue weighted by atomic mass is 16.5. The lowest BCUT2D eigenvalue weighted by Gasteiger charge is -2.47. The summed E-state index contributed by atoms with van der Waals surface area (Å²) < 4.78 is 5.99. The predicted molar refractivity (Wildman–Crippen MR) is 78.8 cm³/mol. The van der Waals surface area contributed by atoms with Gasteiger partial charge in [-0.1, -0.05) is 6.92 Å². The summed E-state index contributed by atoms with van der Waals surface area (Å²) in [4.78, 5) is 26.1. The molecule has 0 aromatic carbocycles. The molecule has 2 aliphatic rings. The Bertz CT molecular complexity index is 428. The van der Waals surface area contributed by atoms with Crippen molar-refractivity contribution in [1.82, 2.24) is 4.90 Å². The monoisotopic (exact) mass is 297 g/mol. The number of morpholine rings is 1. The minimum Gasteiger partial charge on any atom is -0.481 e. The van der Waals surface area contributed by atoms with Gasteiger partial charge in [0, 0.05) is 13.1 Å². The van der Waals surface area contributed by atoms with Crippen LogP contribution in [0.25, 0.3) is 0 Å². The van der Waals surface area contributed by atoms with Crippen LogP contribution in [0.3, 0.4) is 0 Å². The predicted octanol–water partition coefficient (Wildman–Crippen LogP) is 2.15. The average molecular weight is 297 g/mol. The first kappa shape index (κ1) is 16.3. The van der Waals surface area contributed by atoms with Gasteiger partial charge in [0.25, 0.3) is 0 Å². The van der Waals surface area contributed by atoms with Crippen LogP contribution in [0.15, 0.2) is 0 Å². The summed E-state index contributed by atoms with van der Waals surface area (Å²) in [6, 6.07) is 0. The molecular weight excluding hydrogens is 270 g/mol. The van der Waals surface area contributed by atoms with Gasteiger partial charge in [-0.2, -0.15) is 0 Å². The van der Waals surface area contributed by atoms with Crippen LogP contribution in [0, 0.1) is 17.8 Å². The maximum atomic E-state index is 12.8. The zero-order valence-corrected chi connectivity index (χ0v) is 13.7. The fourth-order valence-electron chi connectivity index (χ4n) is 4.02. The third-order valence-electron chi connectivity index (χ3n) is 4.44. The molecule has 2 rings (SSSR count). The SMILES string of the molecule is CC1C[C@H](C(=O)N2CC(C)(C)OC(C)(C)C2)[C@H](C(=O)O)C1. The number of carboxylic acids is 1.